The minimum Gasteiger partial charge on any atom is -0.455 e. The first-order chi connectivity index (χ1) is 30.0. The average Bonchev–Trinajstić information content (AvgIpc) is 3.63. The molecule has 0 atom stereocenters. The Balaban J connectivity index is 1.48. The third-order valence-electron chi connectivity index (χ3n) is 7.39. The van der Waals surface area contributed by atoms with Crippen LogP contribution in [0.2, 0.25) is 0 Å². The Morgan fingerprint density at radius 2 is 0.930 bits per heavy atom. The predicted octanol–water partition coefficient (Wildman–Crippen LogP) is 12.0. The quantitative estimate of drug-likeness (QED) is 0.194. The summed E-state index contributed by atoms with van der Waals surface area (Å²) < 4.78 is 191. The predicted molar refractivity (Wildman–Crippen MR) is 183 cm³/mol. The molecule has 0 N–H and O–H groups in total. The van der Waals surface area contributed by atoms with E-state index < -0.39 is 130 Å². The Morgan fingerprint density at radius 1 is 0.372 bits per heavy atom. The Hall–Kier alpha value is -5.66. The van der Waals surface area contributed by atoms with Gasteiger partial charge in [0, 0.05) is 21.9 Å². The van der Waals surface area contributed by atoms with Gasteiger partial charge in [0.05, 0.1) is 28.8 Å². The first kappa shape index (κ1) is 11.2. The van der Waals surface area contributed by atoms with E-state index in [1.165, 1.54) is 30.3 Å². The summed E-state index contributed by atoms with van der Waals surface area (Å²) in [4.78, 5) is 0. The second-order valence-electron chi connectivity index (χ2n) is 9.65. The van der Waals surface area contributed by atoms with E-state index in [9.17, 15) is 6.85 Å². The zero-order chi connectivity index (χ0) is 46.6. The molecule has 0 fully saturated rings. The molecule has 0 saturated carbocycles. The van der Waals surface area contributed by atoms with Crippen molar-refractivity contribution in [2.75, 3.05) is 0 Å². The van der Waals surface area contributed by atoms with Crippen LogP contribution in [0.25, 0.3) is 87.6 Å². The molecule has 8 aromatic carbocycles. The van der Waals surface area contributed by atoms with E-state index in [0.717, 1.165) is 0 Å². The maximum Gasteiger partial charge on any atom is 0.143 e. The van der Waals surface area contributed by atoms with Gasteiger partial charge in [0.2, 0.25) is 0 Å². The van der Waals surface area contributed by atoms with Gasteiger partial charge in [0.1, 0.15) is 11.2 Å². The third-order valence-corrected chi connectivity index (χ3v) is 7.39. The molecular weight excluding hydrogens is 520 g/mol. The summed E-state index contributed by atoms with van der Waals surface area (Å²) >= 11 is 0. The van der Waals surface area contributed by atoms with Gasteiger partial charge >= 0.3 is 0 Å². The Morgan fingerprint density at radius 3 is 1.67 bits per heavy atom. The van der Waals surface area contributed by atoms with Crippen molar-refractivity contribution >= 4 is 54.3 Å². The van der Waals surface area contributed by atoms with Crippen molar-refractivity contribution in [1.29, 1.82) is 0 Å². The van der Waals surface area contributed by atoms with E-state index in [2.05, 4.69) is 0 Å². The van der Waals surface area contributed by atoms with E-state index in [-0.39, 0.29) is 84.3 Å². The monoisotopic (exact) mass is 567 g/mol. The molecule has 9 aromatic rings. The average molecular weight is 568 g/mol. The molecule has 200 valence electrons. The lowest BCUT2D eigenvalue weighted by atomic mass is 9.85. The molecule has 0 amide bonds. The molecule has 0 spiro atoms. The number of rotatable bonds is 3. The Bertz CT molecular complexity index is 3580. The molecule has 1 heterocycles. The highest BCUT2D eigenvalue weighted by Gasteiger charge is 2.20. The maximum absolute atomic E-state index is 9.48. The van der Waals surface area contributed by atoms with Gasteiger partial charge in [-0.2, -0.15) is 0 Å². The Kier molecular flexibility index (Phi) is 2.46. The normalized spacial score (nSPS) is 18.6. The minimum absolute atomic E-state index is 0.000974. The van der Waals surface area contributed by atoms with Crippen molar-refractivity contribution < 1.29 is 33.2 Å². The van der Waals surface area contributed by atoms with Crippen molar-refractivity contribution in [2.45, 2.75) is 0 Å². The summed E-state index contributed by atoms with van der Waals surface area (Å²) in [5, 5.41) is -1.00. The van der Waals surface area contributed by atoms with Crippen LogP contribution in [0.5, 0.6) is 0 Å². The largest absolute Gasteiger partial charge is 0.455 e. The van der Waals surface area contributed by atoms with Gasteiger partial charge in [-0.25, -0.2) is 0 Å². The molecule has 0 aliphatic heterocycles. The summed E-state index contributed by atoms with van der Waals surface area (Å²) in [5.74, 6) is 0. The lowest BCUT2D eigenvalue weighted by Crippen LogP contribution is -1.91. The van der Waals surface area contributed by atoms with Gasteiger partial charge in [-0.15, -0.1) is 0 Å². The van der Waals surface area contributed by atoms with E-state index in [1.54, 1.807) is 0 Å². The summed E-state index contributed by atoms with van der Waals surface area (Å²) in [6.45, 7) is 0. The van der Waals surface area contributed by atoms with Crippen LogP contribution in [-0.2, 0) is 0 Å². The molecule has 1 aromatic heterocycles. The van der Waals surface area contributed by atoms with Gasteiger partial charge in [-0.05, 0) is 60.6 Å². The maximum atomic E-state index is 9.48. The molecule has 0 saturated heterocycles. The van der Waals surface area contributed by atoms with Crippen LogP contribution in [0.15, 0.2) is 162 Å². The summed E-state index contributed by atoms with van der Waals surface area (Å²) in [7, 11) is 0. The van der Waals surface area contributed by atoms with E-state index >= 15 is 0 Å². The molecule has 0 aliphatic carbocycles. The van der Waals surface area contributed by atoms with Crippen molar-refractivity contribution in [3.63, 3.8) is 0 Å². The molecule has 43 heavy (non-hydrogen) atoms. The van der Waals surface area contributed by atoms with Crippen LogP contribution in [0.3, 0.4) is 0 Å². The standard InChI is InChI=1S/C42H26O/c1-2-13-30-27(11-1)12-9-19-31(30)28-23-25-29(26-24-28)40-33-15-3-5-17-35(33)41(36-18-6-4-16-34(36)40)38-21-10-20-37-32-14-7-8-22-39(32)43-42(37)38/h1-26H/i1D,2D,3D,4D,5D,6D,7D,8D,9D,10D,11D,12D,13D,14D,19D,21D,22D,23D,24D,25D,26D. The van der Waals surface area contributed by atoms with Gasteiger partial charge in [0.25, 0.3) is 0 Å². The van der Waals surface area contributed by atoms with Crippen molar-refractivity contribution in [2.24, 2.45) is 0 Å². The van der Waals surface area contributed by atoms with Crippen LogP contribution in [0, 0.1) is 0 Å². The first-order valence-corrected chi connectivity index (χ1v) is 13.0. The van der Waals surface area contributed by atoms with E-state index in [4.69, 9.17) is 26.3 Å². The zero-order valence-corrected chi connectivity index (χ0v) is 21.8. The molecule has 1 heteroatoms. The molecule has 0 aliphatic rings. The van der Waals surface area contributed by atoms with E-state index in [0.29, 0.717) is 0 Å². The molecule has 9 rings (SSSR count). The fourth-order valence-electron chi connectivity index (χ4n) is 5.56. The highest BCUT2D eigenvalue weighted by molar-refractivity contribution is 6.24. The van der Waals surface area contributed by atoms with Gasteiger partial charge in [0.15, 0.2) is 0 Å². The fraction of sp³-hybridized carbons (Fsp3) is 0. The number of hydrogen-bond donors (Lipinski definition) is 0. The third kappa shape index (κ3) is 3.65. The van der Waals surface area contributed by atoms with Crippen molar-refractivity contribution in [1.82, 2.24) is 0 Å². The highest BCUT2D eigenvalue weighted by Crippen LogP contribution is 2.46. The van der Waals surface area contributed by atoms with Crippen LogP contribution >= 0.6 is 0 Å². The molecule has 0 bridgehead atoms. The lowest BCUT2D eigenvalue weighted by molar-refractivity contribution is 0.670. The molecule has 0 unspecified atom stereocenters. The van der Waals surface area contributed by atoms with Gasteiger partial charge in [-0.1, -0.05) is 151 Å². The highest BCUT2D eigenvalue weighted by atomic mass is 16.3. The van der Waals surface area contributed by atoms with Gasteiger partial charge in [-0.3, -0.25) is 0 Å². The van der Waals surface area contributed by atoms with Gasteiger partial charge < -0.3 is 4.42 Å². The zero-order valence-electron chi connectivity index (χ0n) is 42.8. The topological polar surface area (TPSA) is 13.1 Å². The molecule has 0 radical (unpaired) electrons. The van der Waals surface area contributed by atoms with E-state index in [1.807, 2.05) is 0 Å². The lowest BCUT2D eigenvalue weighted by Gasteiger charge is -2.18. The SMILES string of the molecule is [2H]c1cc2c(-c3c([2H])c([2H])c(-c4c([2H])c([2H])c([2H])c5c([2H])c([2H])c([2H])c([2H])c45)c([2H])c3[2H])c3cc([2H])c([2H])cc3c(-c3c([2H])c([2H])cc4c3oc3c([2H])c([2H])c([2H])c([2H])c34)c2cc1[2H]. The van der Waals surface area contributed by atoms with Crippen LogP contribution < -0.4 is 0 Å². The second kappa shape index (κ2) is 9.44. The van der Waals surface area contributed by atoms with Crippen LogP contribution in [-0.4, -0.2) is 0 Å². The minimum atomic E-state index is -0.827. The molecular formula is C42H26O. The summed E-state index contributed by atoms with van der Waals surface area (Å²) in [6.07, 6.45) is 0. The molecule has 1 nitrogen and oxygen atoms in total. The van der Waals surface area contributed by atoms with Crippen LogP contribution in [0.4, 0.5) is 0 Å². The van der Waals surface area contributed by atoms with Crippen LogP contribution in [0.1, 0.15) is 28.8 Å². The number of benzene rings is 8. The summed E-state index contributed by atoms with van der Waals surface area (Å²) in [6, 6.07) is -7.00. The number of fused-ring (bicyclic) bond motifs is 6. The fourth-order valence-corrected chi connectivity index (χ4v) is 5.56. The Labute approximate surface area is 278 Å². The summed E-state index contributed by atoms with van der Waals surface area (Å²) in [5.41, 5.74) is -2.34. The number of hydrogen-bond acceptors (Lipinski definition) is 1. The first-order valence-electron chi connectivity index (χ1n) is 23.5. The number of para-hydroxylation sites is 2. The second-order valence-corrected chi connectivity index (χ2v) is 9.65. The van der Waals surface area contributed by atoms with Crippen molar-refractivity contribution in [3.05, 3.63) is 157 Å². The van der Waals surface area contributed by atoms with Crippen molar-refractivity contribution in [3.8, 4) is 33.4 Å². The number of furan rings is 1. The smallest absolute Gasteiger partial charge is 0.143 e.